The van der Waals surface area contributed by atoms with E-state index in [2.05, 4.69) is 15.0 Å². The SMILES string of the molecule is COc1ccc2c(c1)C(c1ccc(N=[N+]=[N-])cc1)=NC(CO)C2. The average Bonchev–Trinajstić information content (AvgIpc) is 2.61. The maximum Gasteiger partial charge on any atom is 0.119 e. The summed E-state index contributed by atoms with van der Waals surface area (Å²) < 4.78 is 5.31. The number of nitrogens with zero attached hydrogens (tertiary/aromatic N) is 4. The van der Waals surface area contributed by atoms with Crippen LogP contribution >= 0.6 is 0 Å². The van der Waals surface area contributed by atoms with Crippen LogP contribution in [0.2, 0.25) is 0 Å². The molecule has 1 heterocycles. The van der Waals surface area contributed by atoms with Gasteiger partial charge in [-0.3, -0.25) is 4.99 Å². The molecule has 6 nitrogen and oxygen atoms in total. The minimum Gasteiger partial charge on any atom is -0.497 e. The first-order valence-corrected chi connectivity index (χ1v) is 7.26. The van der Waals surface area contributed by atoms with Gasteiger partial charge in [-0.1, -0.05) is 35.4 Å². The third-order valence-corrected chi connectivity index (χ3v) is 3.85. The lowest BCUT2D eigenvalue weighted by atomic mass is 9.90. The van der Waals surface area contributed by atoms with Crippen molar-refractivity contribution in [3.8, 4) is 5.75 Å². The van der Waals surface area contributed by atoms with Gasteiger partial charge in [0.1, 0.15) is 5.75 Å². The number of aliphatic imine (C=N–C) groups is 1. The molecule has 0 spiro atoms. The molecule has 2 aromatic rings. The highest BCUT2D eigenvalue weighted by molar-refractivity contribution is 6.14. The maximum atomic E-state index is 9.51. The van der Waals surface area contributed by atoms with Gasteiger partial charge in [-0.15, -0.1) is 0 Å². The van der Waals surface area contributed by atoms with E-state index in [1.807, 2.05) is 30.3 Å². The molecule has 0 amide bonds. The standard InChI is InChI=1S/C17H16N4O2/c1-23-15-7-4-12-8-14(10-22)19-17(16(12)9-15)11-2-5-13(6-3-11)20-21-18/h2-7,9,14,22H,8,10H2,1H3. The zero-order valence-corrected chi connectivity index (χ0v) is 12.7. The van der Waals surface area contributed by atoms with Crippen LogP contribution in [0.25, 0.3) is 10.4 Å². The van der Waals surface area contributed by atoms with E-state index in [0.29, 0.717) is 12.1 Å². The molecular formula is C17H16N4O2. The zero-order chi connectivity index (χ0) is 16.2. The summed E-state index contributed by atoms with van der Waals surface area (Å²) in [5, 5.41) is 13.1. The van der Waals surface area contributed by atoms with Gasteiger partial charge in [0.25, 0.3) is 0 Å². The van der Waals surface area contributed by atoms with Crippen LogP contribution in [0.3, 0.4) is 0 Å². The highest BCUT2D eigenvalue weighted by Gasteiger charge is 2.22. The van der Waals surface area contributed by atoms with E-state index in [9.17, 15) is 5.11 Å². The molecule has 0 saturated carbocycles. The molecule has 0 bridgehead atoms. The Morgan fingerprint density at radius 2 is 2.09 bits per heavy atom. The van der Waals surface area contributed by atoms with Crippen LogP contribution in [-0.2, 0) is 6.42 Å². The summed E-state index contributed by atoms with van der Waals surface area (Å²) in [7, 11) is 1.63. The van der Waals surface area contributed by atoms with E-state index >= 15 is 0 Å². The maximum absolute atomic E-state index is 9.51. The molecule has 0 saturated heterocycles. The van der Waals surface area contributed by atoms with Gasteiger partial charge in [0.15, 0.2) is 0 Å². The van der Waals surface area contributed by atoms with Crippen LogP contribution in [0.1, 0.15) is 16.7 Å². The van der Waals surface area contributed by atoms with E-state index < -0.39 is 0 Å². The molecule has 1 atom stereocenters. The van der Waals surface area contributed by atoms with Crippen LogP contribution in [-0.4, -0.2) is 30.6 Å². The largest absolute Gasteiger partial charge is 0.497 e. The van der Waals surface area contributed by atoms with Crippen molar-refractivity contribution in [3.63, 3.8) is 0 Å². The van der Waals surface area contributed by atoms with Crippen molar-refractivity contribution in [3.05, 3.63) is 69.6 Å². The van der Waals surface area contributed by atoms with E-state index in [-0.39, 0.29) is 12.6 Å². The Morgan fingerprint density at radius 1 is 1.30 bits per heavy atom. The minimum absolute atomic E-state index is 0.00573. The molecule has 1 N–H and O–H groups in total. The number of azide groups is 1. The van der Waals surface area contributed by atoms with Crippen molar-refractivity contribution in [2.75, 3.05) is 13.7 Å². The first-order valence-electron chi connectivity index (χ1n) is 7.26. The molecule has 1 aliphatic heterocycles. The Bertz CT molecular complexity index is 793. The highest BCUT2D eigenvalue weighted by Crippen LogP contribution is 2.28. The Kier molecular flexibility index (Phi) is 4.28. The fourth-order valence-electron chi connectivity index (χ4n) is 2.71. The molecule has 0 radical (unpaired) electrons. The number of rotatable bonds is 4. The Morgan fingerprint density at radius 3 is 2.74 bits per heavy atom. The van der Waals surface area contributed by atoms with Crippen LogP contribution in [0.5, 0.6) is 5.75 Å². The molecule has 0 fully saturated rings. The van der Waals surface area contributed by atoms with Gasteiger partial charge >= 0.3 is 0 Å². The Balaban J connectivity index is 2.08. The number of methoxy groups -OCH3 is 1. The lowest BCUT2D eigenvalue weighted by Gasteiger charge is -2.23. The van der Waals surface area contributed by atoms with Gasteiger partial charge in [-0.2, -0.15) is 0 Å². The number of hydrogen-bond acceptors (Lipinski definition) is 4. The first kappa shape index (κ1) is 15.1. The van der Waals surface area contributed by atoms with Gasteiger partial charge < -0.3 is 9.84 Å². The fourth-order valence-corrected chi connectivity index (χ4v) is 2.71. The van der Waals surface area contributed by atoms with Gasteiger partial charge in [-0.05, 0) is 29.6 Å². The molecule has 3 rings (SSSR count). The van der Waals surface area contributed by atoms with E-state index in [0.717, 1.165) is 28.2 Å². The predicted molar refractivity (Wildman–Crippen MR) is 88.5 cm³/mol. The quantitative estimate of drug-likeness (QED) is 0.533. The zero-order valence-electron chi connectivity index (χ0n) is 12.7. The topological polar surface area (TPSA) is 90.6 Å². The van der Waals surface area contributed by atoms with E-state index in [1.54, 1.807) is 19.2 Å². The van der Waals surface area contributed by atoms with Crippen molar-refractivity contribution in [2.45, 2.75) is 12.5 Å². The van der Waals surface area contributed by atoms with Crippen molar-refractivity contribution >= 4 is 11.4 Å². The van der Waals surface area contributed by atoms with Crippen LogP contribution < -0.4 is 4.74 Å². The van der Waals surface area contributed by atoms with Crippen molar-refractivity contribution < 1.29 is 9.84 Å². The molecule has 1 unspecified atom stereocenters. The van der Waals surface area contributed by atoms with Crippen LogP contribution in [0.15, 0.2) is 52.6 Å². The highest BCUT2D eigenvalue weighted by atomic mass is 16.5. The number of hydrogen-bond donors (Lipinski definition) is 1. The number of ether oxygens (including phenoxy) is 1. The first-order chi connectivity index (χ1) is 11.2. The summed E-state index contributed by atoms with van der Waals surface area (Å²) in [6.45, 7) is 0.00573. The van der Waals surface area contributed by atoms with Crippen molar-refractivity contribution in [1.29, 1.82) is 0 Å². The lowest BCUT2D eigenvalue weighted by molar-refractivity contribution is 0.265. The normalized spacial score (nSPS) is 16.1. The van der Waals surface area contributed by atoms with Gasteiger partial charge in [-0.25, -0.2) is 0 Å². The number of aliphatic hydroxyl groups excluding tert-OH is 1. The molecule has 1 aliphatic rings. The molecule has 6 heteroatoms. The third kappa shape index (κ3) is 3.04. The van der Waals surface area contributed by atoms with Crippen LogP contribution in [0.4, 0.5) is 5.69 Å². The summed E-state index contributed by atoms with van der Waals surface area (Å²) >= 11 is 0. The predicted octanol–water partition coefficient (Wildman–Crippen LogP) is 3.39. The smallest absolute Gasteiger partial charge is 0.119 e. The van der Waals surface area contributed by atoms with Crippen molar-refractivity contribution in [2.24, 2.45) is 10.1 Å². The molecule has 2 aromatic carbocycles. The minimum atomic E-state index is -0.150. The fraction of sp³-hybridized carbons (Fsp3) is 0.235. The van der Waals surface area contributed by atoms with Gasteiger partial charge in [0, 0.05) is 21.7 Å². The molecular weight excluding hydrogens is 292 g/mol. The molecule has 0 aliphatic carbocycles. The summed E-state index contributed by atoms with van der Waals surface area (Å²) in [6.07, 6.45) is 0.705. The number of benzene rings is 2. The van der Waals surface area contributed by atoms with E-state index in [4.69, 9.17) is 10.3 Å². The molecule has 23 heavy (non-hydrogen) atoms. The average molecular weight is 308 g/mol. The second kappa shape index (κ2) is 6.52. The number of fused-ring (bicyclic) bond motifs is 1. The lowest BCUT2D eigenvalue weighted by Crippen LogP contribution is -2.24. The second-order valence-corrected chi connectivity index (χ2v) is 5.28. The van der Waals surface area contributed by atoms with E-state index in [1.165, 1.54) is 0 Å². The summed E-state index contributed by atoms with van der Waals surface area (Å²) in [5.41, 5.74) is 12.9. The Labute approximate surface area is 133 Å². The third-order valence-electron chi connectivity index (χ3n) is 3.85. The van der Waals surface area contributed by atoms with Crippen molar-refractivity contribution in [1.82, 2.24) is 0 Å². The summed E-state index contributed by atoms with van der Waals surface area (Å²) in [4.78, 5) is 7.45. The monoisotopic (exact) mass is 308 g/mol. The molecule has 116 valence electrons. The van der Waals surface area contributed by atoms with Gasteiger partial charge in [0.05, 0.1) is 25.5 Å². The van der Waals surface area contributed by atoms with Crippen LogP contribution in [0, 0.1) is 0 Å². The molecule has 0 aromatic heterocycles. The number of aliphatic hydroxyl groups is 1. The second-order valence-electron chi connectivity index (χ2n) is 5.28. The summed E-state index contributed by atoms with van der Waals surface area (Å²) in [5.74, 6) is 0.768. The van der Waals surface area contributed by atoms with Gasteiger partial charge in [0.2, 0.25) is 0 Å². The Hall–Kier alpha value is -2.82. The summed E-state index contributed by atoms with van der Waals surface area (Å²) in [6, 6.07) is 13.0.